The van der Waals surface area contributed by atoms with Gasteiger partial charge < -0.3 is 14.7 Å². The van der Waals surface area contributed by atoms with E-state index in [2.05, 4.69) is 4.98 Å². The molecule has 2 aromatic heterocycles. The maximum Gasteiger partial charge on any atom is 0.200 e. The van der Waals surface area contributed by atoms with Crippen molar-refractivity contribution in [3.05, 3.63) is 24.1 Å². The van der Waals surface area contributed by atoms with Crippen LogP contribution in [0.2, 0.25) is 0 Å². The zero-order chi connectivity index (χ0) is 9.42. The lowest BCUT2D eigenvalue weighted by Gasteiger charge is -1.99. The Morgan fingerprint density at radius 2 is 2.31 bits per heavy atom. The third kappa shape index (κ3) is 1.11. The molecule has 0 radical (unpaired) electrons. The molecule has 0 amide bonds. The minimum Gasteiger partial charge on any atom is -0.463 e. The summed E-state index contributed by atoms with van der Waals surface area (Å²) >= 11 is 0. The molecule has 0 aliphatic rings. The standard InChI is InChI=1S/C9H11N3O/c1-6-8(7-4-3-5-13-7)12(2)9(10)11-6/h3-5H,1-2H3,(H2,10,11). The lowest BCUT2D eigenvalue weighted by atomic mass is 10.3. The molecule has 2 N–H and O–H groups in total. The number of imidazole rings is 1. The Hall–Kier alpha value is -1.71. The maximum atomic E-state index is 5.66. The summed E-state index contributed by atoms with van der Waals surface area (Å²) in [4.78, 5) is 4.15. The molecule has 0 aliphatic heterocycles. The number of nitrogens with two attached hydrogens (primary N) is 1. The van der Waals surface area contributed by atoms with E-state index in [1.54, 1.807) is 6.26 Å². The lowest BCUT2D eigenvalue weighted by Crippen LogP contribution is -1.98. The van der Waals surface area contributed by atoms with E-state index in [1.807, 2.05) is 30.7 Å². The van der Waals surface area contributed by atoms with Gasteiger partial charge in [-0.15, -0.1) is 0 Å². The second-order valence-corrected chi connectivity index (χ2v) is 2.94. The van der Waals surface area contributed by atoms with Crippen molar-refractivity contribution in [2.75, 3.05) is 5.73 Å². The Bertz CT molecular complexity index is 414. The summed E-state index contributed by atoms with van der Waals surface area (Å²) in [6.45, 7) is 1.91. The van der Waals surface area contributed by atoms with E-state index in [1.165, 1.54) is 0 Å². The minimum atomic E-state index is 0.504. The first-order valence-electron chi connectivity index (χ1n) is 4.03. The predicted octanol–water partition coefficient (Wildman–Crippen LogP) is 1.57. The summed E-state index contributed by atoms with van der Waals surface area (Å²) in [5.74, 6) is 1.30. The fraction of sp³-hybridized carbons (Fsp3) is 0.222. The molecule has 0 bridgehead atoms. The van der Waals surface area contributed by atoms with Gasteiger partial charge in [0.05, 0.1) is 12.0 Å². The van der Waals surface area contributed by atoms with Crippen LogP contribution in [0.1, 0.15) is 5.69 Å². The first kappa shape index (κ1) is 7.91. The van der Waals surface area contributed by atoms with Crippen LogP contribution in [0, 0.1) is 6.92 Å². The molecule has 4 nitrogen and oxygen atoms in total. The van der Waals surface area contributed by atoms with Crippen molar-refractivity contribution in [1.82, 2.24) is 9.55 Å². The van der Waals surface area contributed by atoms with Crippen molar-refractivity contribution >= 4 is 5.95 Å². The molecule has 0 unspecified atom stereocenters. The highest BCUT2D eigenvalue weighted by molar-refractivity contribution is 5.58. The predicted molar refractivity (Wildman–Crippen MR) is 50.1 cm³/mol. The second kappa shape index (κ2) is 2.65. The Labute approximate surface area is 76.0 Å². The van der Waals surface area contributed by atoms with Crippen LogP contribution in [0.3, 0.4) is 0 Å². The molecule has 2 rings (SSSR count). The van der Waals surface area contributed by atoms with E-state index in [0.717, 1.165) is 17.1 Å². The van der Waals surface area contributed by atoms with Crippen molar-refractivity contribution < 1.29 is 4.42 Å². The Morgan fingerprint density at radius 1 is 1.54 bits per heavy atom. The highest BCUT2D eigenvalue weighted by Crippen LogP contribution is 2.24. The third-order valence-electron chi connectivity index (χ3n) is 2.06. The number of hydrogen-bond acceptors (Lipinski definition) is 3. The van der Waals surface area contributed by atoms with Crippen LogP contribution in [0.25, 0.3) is 11.5 Å². The van der Waals surface area contributed by atoms with Crippen LogP contribution < -0.4 is 5.73 Å². The number of furan rings is 1. The number of nitrogens with zero attached hydrogens (tertiary/aromatic N) is 2. The Kier molecular flexibility index (Phi) is 1.62. The monoisotopic (exact) mass is 177 g/mol. The third-order valence-corrected chi connectivity index (χ3v) is 2.06. The highest BCUT2D eigenvalue weighted by atomic mass is 16.3. The number of hydrogen-bond donors (Lipinski definition) is 1. The minimum absolute atomic E-state index is 0.504. The molecule has 0 aliphatic carbocycles. The molecular weight excluding hydrogens is 166 g/mol. The van der Waals surface area contributed by atoms with Gasteiger partial charge in [0.1, 0.15) is 5.69 Å². The topological polar surface area (TPSA) is 57.0 Å². The van der Waals surface area contributed by atoms with Gasteiger partial charge in [-0.2, -0.15) is 0 Å². The average molecular weight is 177 g/mol. The van der Waals surface area contributed by atoms with Gasteiger partial charge in [0.2, 0.25) is 5.95 Å². The van der Waals surface area contributed by atoms with Gasteiger partial charge in [-0.3, -0.25) is 0 Å². The molecule has 68 valence electrons. The van der Waals surface area contributed by atoms with Gasteiger partial charge in [0, 0.05) is 7.05 Å². The van der Waals surface area contributed by atoms with Crippen molar-refractivity contribution in [2.24, 2.45) is 7.05 Å². The van der Waals surface area contributed by atoms with Crippen molar-refractivity contribution in [2.45, 2.75) is 6.92 Å². The van der Waals surface area contributed by atoms with Crippen LogP contribution >= 0.6 is 0 Å². The molecule has 2 aromatic rings. The number of nitrogen functional groups attached to an aromatic ring is 1. The van der Waals surface area contributed by atoms with Crippen molar-refractivity contribution in [1.29, 1.82) is 0 Å². The van der Waals surface area contributed by atoms with E-state index < -0.39 is 0 Å². The molecule has 4 heteroatoms. The first-order valence-corrected chi connectivity index (χ1v) is 4.03. The molecule has 0 atom stereocenters. The quantitative estimate of drug-likeness (QED) is 0.719. The van der Waals surface area contributed by atoms with E-state index in [-0.39, 0.29) is 0 Å². The summed E-state index contributed by atoms with van der Waals surface area (Å²) in [6.07, 6.45) is 1.64. The van der Waals surface area contributed by atoms with Gasteiger partial charge in [0.15, 0.2) is 5.76 Å². The number of rotatable bonds is 1. The molecule has 0 saturated carbocycles. The summed E-state index contributed by atoms with van der Waals surface area (Å²) < 4.78 is 7.09. The highest BCUT2D eigenvalue weighted by Gasteiger charge is 2.12. The van der Waals surface area contributed by atoms with Crippen LogP contribution in [0.4, 0.5) is 5.95 Å². The van der Waals surface area contributed by atoms with E-state index >= 15 is 0 Å². The summed E-state index contributed by atoms with van der Waals surface area (Å²) in [5, 5.41) is 0. The normalized spacial score (nSPS) is 10.6. The second-order valence-electron chi connectivity index (χ2n) is 2.94. The fourth-order valence-electron chi connectivity index (χ4n) is 1.41. The van der Waals surface area contributed by atoms with E-state index in [0.29, 0.717) is 5.95 Å². The van der Waals surface area contributed by atoms with E-state index in [9.17, 15) is 0 Å². The number of anilines is 1. The van der Waals surface area contributed by atoms with Crippen LogP contribution in [0.5, 0.6) is 0 Å². The maximum absolute atomic E-state index is 5.66. The average Bonchev–Trinajstić information content (AvgIpc) is 2.63. The lowest BCUT2D eigenvalue weighted by molar-refractivity contribution is 0.576. The number of aromatic nitrogens is 2. The summed E-state index contributed by atoms with van der Waals surface area (Å²) in [6, 6.07) is 3.74. The smallest absolute Gasteiger partial charge is 0.200 e. The van der Waals surface area contributed by atoms with Crippen molar-refractivity contribution in [3.63, 3.8) is 0 Å². The molecule has 0 fully saturated rings. The summed E-state index contributed by atoms with van der Waals surface area (Å²) in [5.41, 5.74) is 7.47. The molecule has 0 saturated heterocycles. The molecular formula is C9H11N3O. The molecule has 2 heterocycles. The first-order chi connectivity index (χ1) is 6.20. The van der Waals surface area contributed by atoms with Crippen molar-refractivity contribution in [3.8, 4) is 11.5 Å². The molecule has 13 heavy (non-hydrogen) atoms. The van der Waals surface area contributed by atoms with Gasteiger partial charge >= 0.3 is 0 Å². The summed E-state index contributed by atoms with van der Waals surface area (Å²) in [7, 11) is 1.87. The Morgan fingerprint density at radius 3 is 2.77 bits per heavy atom. The fourth-order valence-corrected chi connectivity index (χ4v) is 1.41. The Balaban J connectivity index is 2.64. The van der Waals surface area contributed by atoms with Gasteiger partial charge in [-0.05, 0) is 19.1 Å². The molecule has 0 spiro atoms. The van der Waals surface area contributed by atoms with E-state index in [4.69, 9.17) is 10.2 Å². The largest absolute Gasteiger partial charge is 0.463 e. The number of aryl methyl sites for hydroxylation is 1. The van der Waals surface area contributed by atoms with Crippen LogP contribution in [-0.4, -0.2) is 9.55 Å². The zero-order valence-corrected chi connectivity index (χ0v) is 7.61. The van der Waals surface area contributed by atoms with Gasteiger partial charge in [0.25, 0.3) is 0 Å². The van der Waals surface area contributed by atoms with Gasteiger partial charge in [-0.1, -0.05) is 0 Å². The van der Waals surface area contributed by atoms with Gasteiger partial charge in [-0.25, -0.2) is 4.98 Å². The van der Waals surface area contributed by atoms with Crippen LogP contribution in [-0.2, 0) is 7.05 Å². The SMILES string of the molecule is Cc1nc(N)n(C)c1-c1ccco1. The zero-order valence-electron chi connectivity index (χ0n) is 7.61. The molecule has 0 aromatic carbocycles. The van der Waals surface area contributed by atoms with Crippen LogP contribution in [0.15, 0.2) is 22.8 Å².